The third-order valence-electron chi connectivity index (χ3n) is 10.9. The number of nitrogens with one attached hydrogen (secondary N) is 1. The second-order valence-electron chi connectivity index (χ2n) is 15.2. The molecule has 62 heavy (non-hydrogen) atoms. The van der Waals surface area contributed by atoms with Gasteiger partial charge in [-0.2, -0.15) is 8.42 Å². The Morgan fingerprint density at radius 2 is 1.00 bits per heavy atom. The lowest BCUT2D eigenvalue weighted by Crippen LogP contribution is -2.71. The summed E-state index contributed by atoms with van der Waals surface area (Å²) in [4.78, 5) is 12.9. The van der Waals surface area contributed by atoms with Crippen LogP contribution in [-0.4, -0.2) is 270 Å². The van der Waals surface area contributed by atoms with E-state index in [-0.39, 0.29) is 0 Å². The zero-order valence-corrected chi connectivity index (χ0v) is 33.5. The Labute approximate surface area is 351 Å². The molecule has 0 spiro atoms. The van der Waals surface area contributed by atoms with Gasteiger partial charge in [-0.25, -0.2) is 4.18 Å². The van der Waals surface area contributed by atoms with E-state index in [0.29, 0.717) is 0 Å². The number of rotatable bonds is 15. The van der Waals surface area contributed by atoms with E-state index in [2.05, 4.69) is 9.50 Å². The molecule has 5 rings (SSSR count). The van der Waals surface area contributed by atoms with Crippen LogP contribution in [0.1, 0.15) is 13.8 Å². The molecule has 0 radical (unpaired) electrons. The van der Waals surface area contributed by atoms with E-state index in [1.807, 2.05) is 0 Å². The fourth-order valence-electron chi connectivity index (χ4n) is 7.51. The van der Waals surface area contributed by atoms with Crippen molar-refractivity contribution in [3.8, 4) is 0 Å². The predicted molar refractivity (Wildman–Crippen MR) is 187 cm³/mol. The summed E-state index contributed by atoms with van der Waals surface area (Å²) >= 11 is 0. The van der Waals surface area contributed by atoms with Crippen molar-refractivity contribution in [2.75, 3.05) is 26.4 Å². The summed E-state index contributed by atoms with van der Waals surface area (Å²) in [6.07, 6.45) is -46.7. The first-order valence-electron chi connectivity index (χ1n) is 19.1. The molecule has 16 N–H and O–H groups in total. The molecule has 29 nitrogen and oxygen atoms in total. The van der Waals surface area contributed by atoms with Crippen LogP contribution in [0.5, 0.6) is 0 Å². The fourth-order valence-corrected chi connectivity index (χ4v) is 7.81. The smallest absolute Gasteiger partial charge is 0.394 e. The van der Waals surface area contributed by atoms with Crippen molar-refractivity contribution in [3.63, 3.8) is 0 Å². The van der Waals surface area contributed by atoms with Gasteiger partial charge in [-0.15, -0.1) is 0 Å². The second kappa shape index (κ2) is 21.4. The molecule has 5 fully saturated rings. The molecule has 0 unspecified atom stereocenters. The molecule has 5 aliphatic heterocycles. The number of hydrogen-bond acceptors (Lipinski definition) is 27. The molecule has 1 amide bonds. The Balaban J connectivity index is 1.56. The molecule has 5 saturated heterocycles. The van der Waals surface area contributed by atoms with E-state index in [0.717, 1.165) is 6.92 Å². The van der Waals surface area contributed by atoms with Gasteiger partial charge in [0.15, 0.2) is 31.5 Å². The third kappa shape index (κ3) is 11.3. The summed E-state index contributed by atoms with van der Waals surface area (Å²) < 4.78 is 89.0. The summed E-state index contributed by atoms with van der Waals surface area (Å²) in [6, 6.07) is -1.90. The summed E-state index contributed by atoms with van der Waals surface area (Å²) in [5.41, 5.74) is 0. The Morgan fingerprint density at radius 1 is 0.516 bits per heavy atom. The van der Waals surface area contributed by atoms with Crippen molar-refractivity contribution in [2.24, 2.45) is 0 Å². The first kappa shape index (κ1) is 51.4. The number of hydrogen-bond donors (Lipinski definition) is 16. The van der Waals surface area contributed by atoms with Gasteiger partial charge in [0.1, 0.15) is 116 Å². The lowest BCUT2D eigenvalue weighted by Gasteiger charge is -2.51. The standard InChI is InChI=1S/C32H55NO28S/c1-7-14(38)17(41)21(45)30(53-7)60-26-13(33-8(2)37)29(57-12(6-52-62(49,50)51)25(26)59-31-22(46)18(42)15(39)9(3-34)55-31)61-27-16(40)10(4-35)56-32(23(27)47)58-24-11(5-36)54-28(48)20(44)19(24)43/h7,9-32,34-36,38-48H,3-6H2,1-2H3,(H,33,37)(H,49,50,51)/t7-,9+,10+,11+,12+,13+,14+,15-,16-,17+,18-,19+,20+,21-,22+,23+,24+,25+,26+,27-,28+,29-,30-,31-,32-/m0/s1. The van der Waals surface area contributed by atoms with Crippen LogP contribution in [0.4, 0.5) is 0 Å². The van der Waals surface area contributed by atoms with Crippen LogP contribution in [0.15, 0.2) is 0 Å². The minimum absolute atomic E-state index is 0.927. The van der Waals surface area contributed by atoms with E-state index in [9.17, 15) is 89.3 Å². The number of aliphatic hydroxyl groups excluding tert-OH is 14. The van der Waals surface area contributed by atoms with Crippen molar-refractivity contribution in [1.29, 1.82) is 0 Å². The zero-order chi connectivity index (χ0) is 46.1. The summed E-state index contributed by atoms with van der Waals surface area (Å²) in [5.74, 6) is -0.932. The highest BCUT2D eigenvalue weighted by atomic mass is 32.3. The first-order chi connectivity index (χ1) is 29.0. The monoisotopic (exact) mass is 933 g/mol. The highest BCUT2D eigenvalue weighted by Gasteiger charge is 2.58. The molecule has 0 aromatic heterocycles. The molecule has 0 aromatic carbocycles. The minimum Gasteiger partial charge on any atom is -0.394 e. The molecule has 5 aliphatic rings. The molecule has 25 atom stereocenters. The van der Waals surface area contributed by atoms with E-state index in [1.54, 1.807) is 0 Å². The van der Waals surface area contributed by atoms with Crippen molar-refractivity contribution >= 4 is 16.3 Å². The molecule has 0 aliphatic carbocycles. The second-order valence-corrected chi connectivity index (χ2v) is 16.3. The van der Waals surface area contributed by atoms with Crippen LogP contribution in [0, 0.1) is 0 Å². The normalized spacial score (nSPS) is 49.3. The van der Waals surface area contributed by atoms with Crippen molar-refractivity contribution in [2.45, 2.75) is 167 Å². The topological polar surface area (TPSA) is 459 Å². The van der Waals surface area contributed by atoms with Crippen molar-refractivity contribution in [1.82, 2.24) is 5.32 Å². The van der Waals surface area contributed by atoms with Gasteiger partial charge in [0.2, 0.25) is 5.91 Å². The van der Waals surface area contributed by atoms with Crippen molar-refractivity contribution < 1.29 is 136 Å². The Kier molecular flexibility index (Phi) is 17.7. The maximum atomic E-state index is 12.9. The molecular formula is C32H55NO28S. The number of carbonyl (C=O) groups is 1. The van der Waals surface area contributed by atoms with Crippen LogP contribution in [0.25, 0.3) is 0 Å². The fraction of sp³-hybridized carbons (Fsp3) is 0.969. The van der Waals surface area contributed by atoms with Gasteiger partial charge < -0.3 is 119 Å². The average molecular weight is 934 g/mol. The van der Waals surface area contributed by atoms with E-state index >= 15 is 0 Å². The molecule has 30 heteroatoms. The minimum atomic E-state index is -5.36. The Hall–Kier alpha value is -1.58. The number of ether oxygens (including phenoxy) is 9. The quantitative estimate of drug-likeness (QED) is 0.0678. The highest BCUT2D eigenvalue weighted by molar-refractivity contribution is 7.80. The largest absolute Gasteiger partial charge is 0.397 e. The Morgan fingerprint density at radius 3 is 1.56 bits per heavy atom. The molecule has 0 saturated carbocycles. The maximum Gasteiger partial charge on any atom is 0.397 e. The number of amides is 1. The van der Waals surface area contributed by atoms with Gasteiger partial charge >= 0.3 is 10.4 Å². The van der Waals surface area contributed by atoms with Crippen LogP contribution in [-0.2, 0) is 62.0 Å². The van der Waals surface area contributed by atoms with Crippen LogP contribution in [0.3, 0.4) is 0 Å². The number of aliphatic hydroxyl groups is 14. The molecule has 362 valence electrons. The Bertz CT molecular complexity index is 1550. The van der Waals surface area contributed by atoms with Gasteiger partial charge in [0, 0.05) is 6.92 Å². The number of carbonyl (C=O) groups excluding carboxylic acids is 1. The van der Waals surface area contributed by atoms with Gasteiger partial charge in [0.25, 0.3) is 0 Å². The van der Waals surface area contributed by atoms with Gasteiger partial charge in [0.05, 0.1) is 32.5 Å². The van der Waals surface area contributed by atoms with E-state index < -0.39 is 196 Å². The highest BCUT2D eigenvalue weighted by Crippen LogP contribution is 2.37. The molecule has 5 heterocycles. The molecular weight excluding hydrogens is 878 g/mol. The summed E-state index contributed by atoms with van der Waals surface area (Å²) in [7, 11) is -5.36. The van der Waals surface area contributed by atoms with Crippen LogP contribution < -0.4 is 5.32 Å². The average Bonchev–Trinajstić information content (AvgIpc) is 3.21. The van der Waals surface area contributed by atoms with Crippen LogP contribution in [0.2, 0.25) is 0 Å². The molecule has 0 aromatic rings. The van der Waals surface area contributed by atoms with Gasteiger partial charge in [-0.05, 0) is 6.92 Å². The van der Waals surface area contributed by atoms with Crippen molar-refractivity contribution in [3.05, 3.63) is 0 Å². The lowest BCUT2D eigenvalue weighted by molar-refractivity contribution is -0.391. The third-order valence-corrected chi connectivity index (χ3v) is 11.3. The van der Waals surface area contributed by atoms with Gasteiger partial charge in [-0.1, -0.05) is 0 Å². The van der Waals surface area contributed by atoms with E-state index in [4.69, 9.17) is 42.6 Å². The summed E-state index contributed by atoms with van der Waals surface area (Å²) in [6.45, 7) is -2.00. The zero-order valence-electron chi connectivity index (χ0n) is 32.7. The predicted octanol–water partition coefficient (Wildman–Crippen LogP) is -10.9. The first-order valence-corrected chi connectivity index (χ1v) is 20.5. The SMILES string of the molecule is CC(=O)N[C@H]1[C@H](O[C@H]2[C@@H](O)[C@@H](CO)O[C@@H](O[C@H]3[C@H](O)[C@@H](O)[C@H](O)O[C@@H]3CO)[C@@H]2O)O[C@H](COS(=O)(=O)O)[C@@H](O[C@@H]2O[C@H](CO)[C@H](O)[C@H](O)[C@H]2O)[C@@H]1O[C@@H]1O[C@@H](C)[C@@H](O)[C@@H](O)[C@@H]1O. The van der Waals surface area contributed by atoms with Crippen LogP contribution >= 0.6 is 0 Å². The van der Waals surface area contributed by atoms with Gasteiger partial charge in [-0.3, -0.25) is 9.35 Å². The molecule has 0 bridgehead atoms. The van der Waals surface area contributed by atoms with E-state index in [1.165, 1.54) is 6.92 Å². The summed E-state index contributed by atoms with van der Waals surface area (Å²) in [5, 5.41) is 149. The lowest BCUT2D eigenvalue weighted by atomic mass is 9.93. The maximum absolute atomic E-state index is 12.9.